The Hall–Kier alpha value is -1.79. The van der Waals surface area contributed by atoms with Crippen LogP contribution in [-0.2, 0) is 6.18 Å². The van der Waals surface area contributed by atoms with Gasteiger partial charge in [0.05, 0.1) is 21.8 Å². The number of hydrogen-bond donors (Lipinski definition) is 1. The average molecular weight is 352 g/mol. The van der Waals surface area contributed by atoms with E-state index >= 15 is 0 Å². The highest BCUT2D eigenvalue weighted by Gasteiger charge is 2.31. The van der Waals surface area contributed by atoms with Gasteiger partial charge in [-0.3, -0.25) is 4.79 Å². The molecule has 0 aromatic heterocycles. The van der Waals surface area contributed by atoms with Gasteiger partial charge in [0.1, 0.15) is 5.82 Å². The Balaban J connectivity index is 2.32. The van der Waals surface area contributed by atoms with E-state index in [1.54, 1.807) is 0 Å². The lowest BCUT2D eigenvalue weighted by atomic mass is 10.1. The second-order valence-corrected chi connectivity index (χ2v) is 5.11. The highest BCUT2D eigenvalue weighted by Crippen LogP contribution is 2.34. The molecular formula is C14H7Cl2F4NO. The topological polar surface area (TPSA) is 29.1 Å². The summed E-state index contributed by atoms with van der Waals surface area (Å²) < 4.78 is 51.5. The Kier molecular flexibility index (Phi) is 4.63. The molecule has 1 amide bonds. The maximum absolute atomic E-state index is 13.6. The van der Waals surface area contributed by atoms with Gasteiger partial charge < -0.3 is 5.32 Å². The molecule has 0 saturated carbocycles. The first kappa shape index (κ1) is 16.6. The number of anilines is 1. The smallest absolute Gasteiger partial charge is 0.321 e. The van der Waals surface area contributed by atoms with E-state index < -0.39 is 23.5 Å². The first-order chi connectivity index (χ1) is 10.2. The number of halogens is 6. The number of benzene rings is 2. The zero-order chi connectivity index (χ0) is 16.5. The zero-order valence-corrected chi connectivity index (χ0v) is 12.2. The minimum absolute atomic E-state index is 0.0890. The van der Waals surface area contributed by atoms with Gasteiger partial charge in [-0.05, 0) is 36.4 Å². The van der Waals surface area contributed by atoms with Gasteiger partial charge in [0.25, 0.3) is 5.91 Å². The van der Waals surface area contributed by atoms with Crippen molar-refractivity contribution in [1.82, 2.24) is 0 Å². The van der Waals surface area contributed by atoms with E-state index in [0.29, 0.717) is 6.07 Å². The van der Waals surface area contributed by atoms with Crippen molar-refractivity contribution in [3.05, 3.63) is 63.4 Å². The molecule has 0 saturated heterocycles. The second kappa shape index (κ2) is 6.14. The number of nitrogens with one attached hydrogen (secondary N) is 1. The predicted molar refractivity (Wildman–Crippen MR) is 75.8 cm³/mol. The van der Waals surface area contributed by atoms with Crippen LogP contribution in [0.1, 0.15) is 15.9 Å². The van der Waals surface area contributed by atoms with E-state index in [1.807, 2.05) is 0 Å². The van der Waals surface area contributed by atoms with Crippen LogP contribution in [0.4, 0.5) is 23.2 Å². The molecule has 2 rings (SSSR count). The van der Waals surface area contributed by atoms with Crippen molar-refractivity contribution >= 4 is 34.8 Å². The largest absolute Gasteiger partial charge is 0.416 e. The van der Waals surface area contributed by atoms with Crippen molar-refractivity contribution in [2.75, 3.05) is 5.32 Å². The van der Waals surface area contributed by atoms with Gasteiger partial charge >= 0.3 is 6.18 Å². The quantitative estimate of drug-likeness (QED) is 0.720. The van der Waals surface area contributed by atoms with Gasteiger partial charge in [-0.2, -0.15) is 13.2 Å². The van der Waals surface area contributed by atoms with Crippen LogP contribution < -0.4 is 5.32 Å². The van der Waals surface area contributed by atoms with Gasteiger partial charge in [-0.15, -0.1) is 0 Å². The van der Waals surface area contributed by atoms with Crippen LogP contribution in [0.15, 0.2) is 36.4 Å². The van der Waals surface area contributed by atoms with Crippen molar-refractivity contribution in [1.29, 1.82) is 0 Å². The maximum atomic E-state index is 13.6. The molecular weight excluding hydrogens is 345 g/mol. The molecule has 0 heterocycles. The Bertz CT molecular complexity index is 731. The van der Waals surface area contributed by atoms with Crippen LogP contribution in [0.5, 0.6) is 0 Å². The van der Waals surface area contributed by atoms with Crippen LogP contribution >= 0.6 is 23.2 Å². The molecule has 0 unspecified atom stereocenters. The third-order valence-corrected chi connectivity index (χ3v) is 3.28. The third-order valence-electron chi connectivity index (χ3n) is 2.72. The molecule has 8 heteroatoms. The molecule has 0 radical (unpaired) electrons. The summed E-state index contributed by atoms with van der Waals surface area (Å²) in [4.78, 5) is 11.9. The number of amides is 1. The number of rotatable bonds is 2. The second-order valence-electron chi connectivity index (χ2n) is 4.27. The summed E-state index contributed by atoms with van der Waals surface area (Å²) in [6.07, 6.45) is -4.59. The summed E-state index contributed by atoms with van der Waals surface area (Å²) in [5.74, 6) is -1.83. The Labute approximate surface area is 132 Å². The summed E-state index contributed by atoms with van der Waals surface area (Å²) >= 11 is 11.3. The van der Waals surface area contributed by atoms with E-state index in [0.717, 1.165) is 24.3 Å². The van der Waals surface area contributed by atoms with E-state index in [2.05, 4.69) is 5.32 Å². The fourth-order valence-corrected chi connectivity index (χ4v) is 1.98. The third kappa shape index (κ3) is 3.69. The molecule has 2 nitrogen and oxygen atoms in total. The van der Waals surface area contributed by atoms with Crippen molar-refractivity contribution in [2.24, 2.45) is 0 Å². The number of carbonyl (C=O) groups is 1. The Morgan fingerprint density at radius 3 is 2.32 bits per heavy atom. The minimum Gasteiger partial charge on any atom is -0.321 e. The van der Waals surface area contributed by atoms with Crippen LogP contribution in [-0.4, -0.2) is 5.91 Å². The molecule has 1 N–H and O–H groups in total. The van der Waals surface area contributed by atoms with Crippen molar-refractivity contribution < 1.29 is 22.4 Å². The van der Waals surface area contributed by atoms with E-state index in [9.17, 15) is 22.4 Å². The molecule has 22 heavy (non-hydrogen) atoms. The van der Waals surface area contributed by atoms with Gasteiger partial charge in [0.2, 0.25) is 0 Å². The summed E-state index contributed by atoms with van der Waals surface area (Å²) in [7, 11) is 0. The van der Waals surface area contributed by atoms with Gasteiger partial charge in [-0.25, -0.2) is 4.39 Å². The summed E-state index contributed by atoms with van der Waals surface area (Å²) in [5.41, 5.74) is -1.61. The predicted octanol–water partition coefficient (Wildman–Crippen LogP) is 5.40. The maximum Gasteiger partial charge on any atom is 0.416 e. The van der Waals surface area contributed by atoms with Gasteiger partial charge in [0, 0.05) is 5.02 Å². The van der Waals surface area contributed by atoms with Crippen LogP contribution in [0.3, 0.4) is 0 Å². The lowest BCUT2D eigenvalue weighted by Gasteiger charge is -2.12. The lowest BCUT2D eigenvalue weighted by Crippen LogP contribution is -2.15. The van der Waals surface area contributed by atoms with Crippen molar-refractivity contribution in [3.63, 3.8) is 0 Å². The van der Waals surface area contributed by atoms with Crippen LogP contribution in [0, 0.1) is 5.82 Å². The monoisotopic (exact) mass is 351 g/mol. The molecule has 2 aromatic carbocycles. The van der Waals surface area contributed by atoms with Crippen molar-refractivity contribution in [2.45, 2.75) is 6.18 Å². The van der Waals surface area contributed by atoms with Crippen LogP contribution in [0.2, 0.25) is 10.0 Å². The number of hydrogen-bond acceptors (Lipinski definition) is 1. The van der Waals surface area contributed by atoms with Gasteiger partial charge in [-0.1, -0.05) is 23.2 Å². The highest BCUT2D eigenvalue weighted by atomic mass is 35.5. The zero-order valence-electron chi connectivity index (χ0n) is 10.6. The normalized spacial score (nSPS) is 11.4. The minimum atomic E-state index is -4.59. The standard InChI is InChI=1S/C14H7Cl2F4NO/c15-8-2-3-9(11(17)6-8)13(22)21-12-5-7(14(18,19)20)1-4-10(12)16/h1-6H,(H,21,22). The number of alkyl halides is 3. The SMILES string of the molecule is O=C(Nc1cc(C(F)(F)F)ccc1Cl)c1ccc(Cl)cc1F. The molecule has 0 aliphatic carbocycles. The molecule has 2 aromatic rings. The summed E-state index contributed by atoms with van der Waals surface area (Å²) in [6.45, 7) is 0. The van der Waals surface area contributed by atoms with E-state index in [1.165, 1.54) is 6.07 Å². The number of carbonyl (C=O) groups excluding carboxylic acids is 1. The Morgan fingerprint density at radius 1 is 1.05 bits per heavy atom. The molecule has 0 atom stereocenters. The lowest BCUT2D eigenvalue weighted by molar-refractivity contribution is -0.137. The van der Waals surface area contributed by atoms with E-state index in [-0.39, 0.29) is 21.3 Å². The molecule has 0 aliphatic rings. The van der Waals surface area contributed by atoms with Crippen molar-refractivity contribution in [3.8, 4) is 0 Å². The Morgan fingerprint density at radius 2 is 1.73 bits per heavy atom. The molecule has 0 bridgehead atoms. The van der Waals surface area contributed by atoms with Crippen LogP contribution in [0.25, 0.3) is 0 Å². The fourth-order valence-electron chi connectivity index (χ4n) is 1.66. The average Bonchev–Trinajstić information content (AvgIpc) is 2.39. The summed E-state index contributed by atoms with van der Waals surface area (Å²) in [6, 6.07) is 5.78. The molecule has 0 spiro atoms. The van der Waals surface area contributed by atoms with Gasteiger partial charge in [0.15, 0.2) is 0 Å². The highest BCUT2D eigenvalue weighted by molar-refractivity contribution is 6.34. The first-order valence-corrected chi connectivity index (χ1v) is 6.57. The fraction of sp³-hybridized carbons (Fsp3) is 0.0714. The van der Waals surface area contributed by atoms with E-state index in [4.69, 9.17) is 23.2 Å². The molecule has 116 valence electrons. The first-order valence-electron chi connectivity index (χ1n) is 5.81. The molecule has 0 fully saturated rings. The summed E-state index contributed by atoms with van der Waals surface area (Å²) in [5, 5.41) is 2.13. The molecule has 0 aliphatic heterocycles.